The SMILES string of the molecule is C[C@@H]1CN(Cc2ccccc2)CCCN1C(=O)Nc1ccncc1. The van der Waals surface area contributed by atoms with E-state index in [-0.39, 0.29) is 12.1 Å². The van der Waals surface area contributed by atoms with E-state index >= 15 is 0 Å². The van der Waals surface area contributed by atoms with Crippen LogP contribution in [0.4, 0.5) is 10.5 Å². The van der Waals surface area contributed by atoms with Gasteiger partial charge in [-0.15, -0.1) is 0 Å². The van der Waals surface area contributed by atoms with Crippen LogP contribution in [0.2, 0.25) is 0 Å². The molecule has 126 valence electrons. The van der Waals surface area contributed by atoms with Crippen molar-refractivity contribution in [2.75, 3.05) is 25.0 Å². The van der Waals surface area contributed by atoms with Crippen LogP contribution in [-0.4, -0.2) is 46.5 Å². The number of urea groups is 1. The fraction of sp³-hybridized carbons (Fsp3) is 0.368. The van der Waals surface area contributed by atoms with Gasteiger partial charge in [0.1, 0.15) is 0 Å². The number of hydrogen-bond donors (Lipinski definition) is 1. The zero-order chi connectivity index (χ0) is 16.8. The molecule has 1 aromatic carbocycles. The molecule has 0 bridgehead atoms. The molecular weight excluding hydrogens is 300 g/mol. The third-order valence-corrected chi connectivity index (χ3v) is 4.37. The Morgan fingerprint density at radius 2 is 1.92 bits per heavy atom. The van der Waals surface area contributed by atoms with Crippen LogP contribution in [-0.2, 0) is 6.54 Å². The number of pyridine rings is 1. The highest BCUT2D eigenvalue weighted by atomic mass is 16.2. The second-order valence-electron chi connectivity index (χ2n) is 6.28. The van der Waals surface area contributed by atoms with Crippen molar-refractivity contribution in [1.29, 1.82) is 0 Å². The van der Waals surface area contributed by atoms with Gasteiger partial charge in [0.15, 0.2) is 0 Å². The summed E-state index contributed by atoms with van der Waals surface area (Å²) in [6.45, 7) is 5.74. The van der Waals surface area contributed by atoms with Crippen LogP contribution in [0, 0.1) is 0 Å². The molecule has 24 heavy (non-hydrogen) atoms. The largest absolute Gasteiger partial charge is 0.322 e. The normalized spacial score (nSPS) is 18.9. The van der Waals surface area contributed by atoms with Crippen molar-refractivity contribution in [2.24, 2.45) is 0 Å². The average Bonchev–Trinajstić information content (AvgIpc) is 2.78. The number of nitrogens with one attached hydrogen (secondary N) is 1. The Labute approximate surface area is 143 Å². The van der Waals surface area contributed by atoms with Crippen molar-refractivity contribution in [3.05, 3.63) is 60.4 Å². The minimum Gasteiger partial charge on any atom is -0.320 e. The van der Waals surface area contributed by atoms with E-state index in [2.05, 4.69) is 46.4 Å². The molecule has 1 aliphatic heterocycles. The van der Waals surface area contributed by atoms with E-state index in [4.69, 9.17) is 0 Å². The number of anilines is 1. The lowest BCUT2D eigenvalue weighted by Gasteiger charge is -2.29. The summed E-state index contributed by atoms with van der Waals surface area (Å²) < 4.78 is 0. The van der Waals surface area contributed by atoms with Gasteiger partial charge in [-0.25, -0.2) is 4.79 Å². The number of benzene rings is 1. The first-order valence-corrected chi connectivity index (χ1v) is 8.46. The van der Waals surface area contributed by atoms with Gasteiger partial charge in [-0.1, -0.05) is 30.3 Å². The van der Waals surface area contributed by atoms with Crippen molar-refractivity contribution >= 4 is 11.7 Å². The zero-order valence-corrected chi connectivity index (χ0v) is 14.1. The van der Waals surface area contributed by atoms with Crippen molar-refractivity contribution in [1.82, 2.24) is 14.8 Å². The maximum absolute atomic E-state index is 12.6. The first-order chi connectivity index (χ1) is 11.7. The second-order valence-corrected chi connectivity index (χ2v) is 6.28. The maximum Gasteiger partial charge on any atom is 0.322 e. The summed E-state index contributed by atoms with van der Waals surface area (Å²) in [4.78, 5) is 20.9. The molecule has 1 atom stereocenters. The van der Waals surface area contributed by atoms with Crippen LogP contribution in [0.3, 0.4) is 0 Å². The first kappa shape index (κ1) is 16.5. The van der Waals surface area contributed by atoms with E-state index in [9.17, 15) is 4.79 Å². The highest BCUT2D eigenvalue weighted by Crippen LogP contribution is 2.15. The lowest BCUT2D eigenvalue weighted by Crippen LogP contribution is -2.44. The number of amides is 2. The Kier molecular flexibility index (Phi) is 5.43. The predicted octanol–water partition coefficient (Wildman–Crippen LogP) is 3.21. The second kappa shape index (κ2) is 7.93. The summed E-state index contributed by atoms with van der Waals surface area (Å²) in [5.74, 6) is 0. The molecule has 0 saturated carbocycles. The van der Waals surface area contributed by atoms with Crippen molar-refractivity contribution in [3.63, 3.8) is 0 Å². The predicted molar refractivity (Wildman–Crippen MR) is 95.8 cm³/mol. The highest BCUT2D eigenvalue weighted by Gasteiger charge is 2.25. The van der Waals surface area contributed by atoms with Gasteiger partial charge in [0, 0.05) is 50.3 Å². The Bertz CT molecular complexity index is 647. The van der Waals surface area contributed by atoms with Gasteiger partial charge in [-0.05, 0) is 31.0 Å². The van der Waals surface area contributed by atoms with Crippen molar-refractivity contribution < 1.29 is 4.79 Å². The Morgan fingerprint density at radius 1 is 1.17 bits per heavy atom. The summed E-state index contributed by atoms with van der Waals surface area (Å²) in [5.41, 5.74) is 2.10. The number of carbonyl (C=O) groups excluding carboxylic acids is 1. The van der Waals surface area contributed by atoms with E-state index in [1.54, 1.807) is 12.4 Å². The highest BCUT2D eigenvalue weighted by molar-refractivity contribution is 5.89. The minimum absolute atomic E-state index is 0.0322. The number of nitrogens with zero attached hydrogens (tertiary/aromatic N) is 3. The summed E-state index contributed by atoms with van der Waals surface area (Å²) in [5, 5.41) is 2.96. The maximum atomic E-state index is 12.6. The van der Waals surface area contributed by atoms with Gasteiger partial charge in [0.2, 0.25) is 0 Å². The van der Waals surface area contributed by atoms with Crippen molar-refractivity contribution in [3.8, 4) is 0 Å². The molecule has 0 spiro atoms. The first-order valence-electron chi connectivity index (χ1n) is 8.46. The smallest absolute Gasteiger partial charge is 0.320 e. The van der Waals surface area contributed by atoms with E-state index in [1.807, 2.05) is 23.1 Å². The molecule has 2 amide bonds. The van der Waals surface area contributed by atoms with Crippen LogP contribution in [0.5, 0.6) is 0 Å². The van der Waals surface area contributed by atoms with Gasteiger partial charge in [0.25, 0.3) is 0 Å². The fourth-order valence-corrected chi connectivity index (χ4v) is 3.17. The third-order valence-electron chi connectivity index (χ3n) is 4.37. The van der Waals surface area contributed by atoms with Crippen LogP contribution in [0.15, 0.2) is 54.9 Å². The van der Waals surface area contributed by atoms with Crippen LogP contribution in [0.1, 0.15) is 18.9 Å². The molecule has 2 heterocycles. The van der Waals surface area contributed by atoms with Gasteiger partial charge >= 0.3 is 6.03 Å². The quantitative estimate of drug-likeness (QED) is 0.943. The molecule has 5 heteroatoms. The number of carbonyl (C=O) groups is 1. The van der Waals surface area contributed by atoms with E-state index in [0.29, 0.717) is 0 Å². The lowest BCUT2D eigenvalue weighted by atomic mass is 10.2. The lowest BCUT2D eigenvalue weighted by molar-refractivity contribution is 0.184. The van der Waals surface area contributed by atoms with Crippen LogP contribution in [0.25, 0.3) is 0 Å². The molecule has 5 nitrogen and oxygen atoms in total. The summed E-state index contributed by atoms with van der Waals surface area (Å²) in [7, 11) is 0. The van der Waals surface area contributed by atoms with E-state index in [1.165, 1.54) is 5.56 Å². The number of hydrogen-bond acceptors (Lipinski definition) is 3. The molecule has 0 radical (unpaired) electrons. The zero-order valence-electron chi connectivity index (χ0n) is 14.1. The molecule has 1 aliphatic rings. The van der Waals surface area contributed by atoms with Gasteiger partial charge in [0.05, 0.1) is 0 Å². The molecular formula is C19H24N4O. The molecule has 0 unspecified atom stereocenters. The average molecular weight is 324 g/mol. The third kappa shape index (κ3) is 4.32. The topological polar surface area (TPSA) is 48.5 Å². The van der Waals surface area contributed by atoms with Crippen LogP contribution < -0.4 is 5.32 Å². The minimum atomic E-state index is -0.0322. The van der Waals surface area contributed by atoms with Gasteiger partial charge in [-0.3, -0.25) is 9.88 Å². The standard InChI is InChI=1S/C19H24N4O/c1-16-14-22(15-17-6-3-2-4-7-17)12-5-13-23(16)19(24)21-18-8-10-20-11-9-18/h2-4,6-11,16H,5,12-15H2,1H3,(H,20,21,24)/t16-/m1/s1. The molecule has 1 fully saturated rings. The molecule has 0 aliphatic carbocycles. The Balaban J connectivity index is 1.60. The Hall–Kier alpha value is -2.40. The molecule has 2 aromatic rings. The molecule has 3 rings (SSSR count). The summed E-state index contributed by atoms with van der Waals surface area (Å²) in [6.07, 6.45) is 4.35. The monoisotopic (exact) mass is 324 g/mol. The fourth-order valence-electron chi connectivity index (χ4n) is 3.17. The van der Waals surface area contributed by atoms with Crippen molar-refractivity contribution in [2.45, 2.75) is 25.9 Å². The molecule has 1 N–H and O–H groups in total. The van der Waals surface area contributed by atoms with Gasteiger partial charge < -0.3 is 10.2 Å². The number of aromatic nitrogens is 1. The number of rotatable bonds is 3. The molecule has 1 saturated heterocycles. The summed E-state index contributed by atoms with van der Waals surface area (Å²) in [6, 6.07) is 14.3. The van der Waals surface area contributed by atoms with E-state index < -0.39 is 0 Å². The molecule has 1 aromatic heterocycles. The van der Waals surface area contributed by atoms with E-state index in [0.717, 1.165) is 38.3 Å². The van der Waals surface area contributed by atoms with Gasteiger partial charge in [-0.2, -0.15) is 0 Å². The Morgan fingerprint density at radius 3 is 2.67 bits per heavy atom. The summed E-state index contributed by atoms with van der Waals surface area (Å²) >= 11 is 0. The van der Waals surface area contributed by atoms with Crippen LogP contribution >= 0.6 is 0 Å².